The second-order valence-electron chi connectivity index (χ2n) is 5.59. The van der Waals surface area contributed by atoms with Crippen LogP contribution in [0.2, 0.25) is 0 Å². The third kappa shape index (κ3) is 4.09. The number of likely N-dealkylation sites (tertiary alicyclic amines) is 1. The molecule has 1 saturated heterocycles. The highest BCUT2D eigenvalue weighted by Gasteiger charge is 2.27. The molecule has 1 aliphatic rings. The van der Waals surface area contributed by atoms with Gasteiger partial charge in [-0.2, -0.15) is 0 Å². The zero-order valence-electron chi connectivity index (χ0n) is 12.8. The summed E-state index contributed by atoms with van der Waals surface area (Å²) in [6.45, 7) is 6.04. The van der Waals surface area contributed by atoms with Crippen molar-refractivity contribution in [2.75, 3.05) is 19.7 Å². The molecule has 0 aromatic carbocycles. The summed E-state index contributed by atoms with van der Waals surface area (Å²) in [5.41, 5.74) is 1.05. The number of hydrogen-bond donors (Lipinski definition) is 1. The molecule has 21 heavy (non-hydrogen) atoms. The molecule has 1 aromatic rings. The van der Waals surface area contributed by atoms with Gasteiger partial charge in [-0.15, -0.1) is 11.3 Å². The summed E-state index contributed by atoms with van der Waals surface area (Å²) in [6, 6.07) is 1.95. The highest BCUT2D eigenvalue weighted by atomic mass is 32.1. The normalized spacial score (nSPS) is 17.7. The number of amides is 1. The van der Waals surface area contributed by atoms with Crippen LogP contribution in [0.1, 0.15) is 52.7 Å². The smallest absolute Gasteiger partial charge is 0.263 e. The lowest BCUT2D eigenvalue weighted by molar-refractivity contribution is 0.0791. The molecular weight excluding hydrogens is 282 g/mol. The Morgan fingerprint density at radius 3 is 3.10 bits per heavy atom. The van der Waals surface area contributed by atoms with E-state index in [1.54, 1.807) is 0 Å². The maximum Gasteiger partial charge on any atom is 0.263 e. The SMILES string of the molecule is CCCC1CCN(C(=O)c2cc(C)c(C#CCCO)s2)C1. The second kappa shape index (κ2) is 7.63. The van der Waals surface area contributed by atoms with Gasteiger partial charge in [0.05, 0.1) is 16.4 Å². The van der Waals surface area contributed by atoms with Crippen LogP contribution in [0.5, 0.6) is 0 Å². The number of hydrogen-bond acceptors (Lipinski definition) is 3. The van der Waals surface area contributed by atoms with Crippen LogP contribution in [0, 0.1) is 24.7 Å². The molecule has 114 valence electrons. The number of carbonyl (C=O) groups excluding carboxylic acids is 1. The summed E-state index contributed by atoms with van der Waals surface area (Å²) < 4.78 is 0. The Kier molecular flexibility index (Phi) is 5.84. The van der Waals surface area contributed by atoms with Gasteiger partial charge in [0, 0.05) is 19.5 Å². The summed E-state index contributed by atoms with van der Waals surface area (Å²) in [5, 5.41) is 8.76. The summed E-state index contributed by atoms with van der Waals surface area (Å²) in [6.07, 6.45) is 4.01. The van der Waals surface area contributed by atoms with Crippen molar-refractivity contribution in [2.45, 2.75) is 39.5 Å². The van der Waals surface area contributed by atoms with Crippen molar-refractivity contribution in [3.05, 3.63) is 21.4 Å². The van der Waals surface area contributed by atoms with Crippen molar-refractivity contribution in [1.29, 1.82) is 0 Å². The molecule has 0 radical (unpaired) electrons. The van der Waals surface area contributed by atoms with Crippen LogP contribution in [0.25, 0.3) is 0 Å². The summed E-state index contributed by atoms with van der Waals surface area (Å²) in [7, 11) is 0. The van der Waals surface area contributed by atoms with E-state index in [0.29, 0.717) is 12.3 Å². The van der Waals surface area contributed by atoms with Gasteiger partial charge in [0.15, 0.2) is 0 Å². The van der Waals surface area contributed by atoms with E-state index in [0.717, 1.165) is 34.8 Å². The Balaban J connectivity index is 2.04. The minimum atomic E-state index is 0.0792. The Hall–Kier alpha value is -1.31. The molecule has 2 heterocycles. The van der Waals surface area contributed by atoms with Gasteiger partial charge in [-0.1, -0.05) is 25.2 Å². The third-order valence-electron chi connectivity index (χ3n) is 3.84. The fourth-order valence-electron chi connectivity index (χ4n) is 2.73. The fraction of sp³-hybridized carbons (Fsp3) is 0.588. The number of nitrogens with zero attached hydrogens (tertiary/aromatic N) is 1. The molecule has 0 saturated carbocycles. The van der Waals surface area contributed by atoms with E-state index in [1.165, 1.54) is 24.2 Å². The molecule has 1 fully saturated rings. The molecule has 1 amide bonds. The zero-order valence-corrected chi connectivity index (χ0v) is 13.6. The number of carbonyl (C=O) groups is 1. The molecule has 0 bridgehead atoms. The number of rotatable bonds is 4. The first-order valence-corrected chi connectivity index (χ1v) is 8.46. The number of aliphatic hydroxyl groups is 1. The van der Waals surface area contributed by atoms with Crippen molar-refractivity contribution in [2.24, 2.45) is 5.92 Å². The van der Waals surface area contributed by atoms with Crippen molar-refractivity contribution in [1.82, 2.24) is 4.90 Å². The Bertz CT molecular complexity index is 553. The lowest BCUT2D eigenvalue weighted by atomic mass is 10.0. The first-order valence-electron chi connectivity index (χ1n) is 7.65. The monoisotopic (exact) mass is 305 g/mol. The van der Waals surface area contributed by atoms with Crippen LogP contribution in [-0.4, -0.2) is 35.6 Å². The van der Waals surface area contributed by atoms with Gasteiger partial charge >= 0.3 is 0 Å². The molecule has 0 aliphatic carbocycles. The van der Waals surface area contributed by atoms with E-state index in [1.807, 2.05) is 17.9 Å². The molecule has 3 nitrogen and oxygen atoms in total. The van der Waals surface area contributed by atoms with Crippen molar-refractivity contribution in [3.63, 3.8) is 0 Å². The molecule has 0 spiro atoms. The van der Waals surface area contributed by atoms with Crippen LogP contribution in [-0.2, 0) is 0 Å². The van der Waals surface area contributed by atoms with Gasteiger partial charge in [0.2, 0.25) is 0 Å². The standard InChI is InChI=1S/C17H23NO2S/c1-3-6-14-8-9-18(12-14)17(20)16-11-13(2)15(21-16)7-4-5-10-19/h11,14,19H,3,5-6,8-10,12H2,1-2H3. The summed E-state index contributed by atoms with van der Waals surface area (Å²) in [4.78, 5) is 16.3. The number of aliphatic hydroxyl groups excluding tert-OH is 1. The highest BCUT2D eigenvalue weighted by Crippen LogP contribution is 2.26. The first kappa shape index (κ1) is 16.1. The minimum Gasteiger partial charge on any atom is -0.395 e. The lowest BCUT2D eigenvalue weighted by Gasteiger charge is -2.15. The number of thiophene rings is 1. The summed E-state index contributed by atoms with van der Waals surface area (Å²) >= 11 is 1.47. The molecule has 4 heteroatoms. The topological polar surface area (TPSA) is 40.5 Å². The van der Waals surface area contributed by atoms with E-state index in [9.17, 15) is 4.79 Å². The van der Waals surface area contributed by atoms with Gasteiger partial charge in [-0.25, -0.2) is 0 Å². The van der Waals surface area contributed by atoms with Gasteiger partial charge in [0.25, 0.3) is 5.91 Å². The molecule has 2 rings (SSSR count). The van der Waals surface area contributed by atoms with Crippen molar-refractivity contribution < 1.29 is 9.90 Å². The largest absolute Gasteiger partial charge is 0.395 e. The van der Waals surface area contributed by atoms with E-state index in [-0.39, 0.29) is 12.5 Å². The quantitative estimate of drug-likeness (QED) is 0.869. The third-order valence-corrected chi connectivity index (χ3v) is 4.98. The van der Waals surface area contributed by atoms with E-state index < -0.39 is 0 Å². The Labute approximate surface area is 131 Å². The average molecular weight is 305 g/mol. The lowest BCUT2D eigenvalue weighted by Crippen LogP contribution is -2.27. The predicted octanol–water partition coefficient (Wildman–Crippen LogP) is 3.05. The van der Waals surface area contributed by atoms with Crippen LogP contribution in [0.4, 0.5) is 0 Å². The van der Waals surface area contributed by atoms with Crippen molar-refractivity contribution >= 4 is 17.2 Å². The Morgan fingerprint density at radius 1 is 1.57 bits per heavy atom. The number of aryl methyl sites for hydroxylation is 1. The maximum absolute atomic E-state index is 12.5. The minimum absolute atomic E-state index is 0.0792. The molecule has 1 N–H and O–H groups in total. The van der Waals surface area contributed by atoms with Gasteiger partial charge in [0.1, 0.15) is 0 Å². The van der Waals surface area contributed by atoms with Crippen LogP contribution >= 0.6 is 11.3 Å². The van der Waals surface area contributed by atoms with Crippen LogP contribution in [0.3, 0.4) is 0 Å². The van der Waals surface area contributed by atoms with Crippen LogP contribution in [0.15, 0.2) is 6.07 Å². The highest BCUT2D eigenvalue weighted by molar-refractivity contribution is 7.14. The van der Waals surface area contributed by atoms with E-state index in [2.05, 4.69) is 18.8 Å². The fourth-order valence-corrected chi connectivity index (χ4v) is 3.74. The van der Waals surface area contributed by atoms with Crippen molar-refractivity contribution in [3.8, 4) is 11.8 Å². The zero-order chi connectivity index (χ0) is 15.2. The first-order chi connectivity index (χ1) is 10.2. The molecular formula is C17H23NO2S. The van der Waals surface area contributed by atoms with Gasteiger partial charge in [-0.05, 0) is 37.3 Å². The maximum atomic E-state index is 12.5. The predicted molar refractivity (Wildman–Crippen MR) is 86.6 cm³/mol. The van der Waals surface area contributed by atoms with Crippen LogP contribution < -0.4 is 0 Å². The average Bonchev–Trinajstić information content (AvgIpc) is 3.07. The molecule has 1 aromatic heterocycles. The Morgan fingerprint density at radius 2 is 2.38 bits per heavy atom. The molecule has 1 atom stereocenters. The molecule has 1 unspecified atom stereocenters. The summed E-state index contributed by atoms with van der Waals surface area (Å²) in [5.74, 6) is 6.79. The molecule has 1 aliphatic heterocycles. The van der Waals surface area contributed by atoms with E-state index >= 15 is 0 Å². The van der Waals surface area contributed by atoms with Gasteiger partial charge in [-0.3, -0.25) is 4.79 Å². The van der Waals surface area contributed by atoms with E-state index in [4.69, 9.17) is 5.11 Å². The van der Waals surface area contributed by atoms with Gasteiger partial charge < -0.3 is 10.0 Å². The second-order valence-corrected chi connectivity index (χ2v) is 6.64.